The fourth-order valence-corrected chi connectivity index (χ4v) is 3.13. The zero-order chi connectivity index (χ0) is 16.4. The maximum atomic E-state index is 10.2. The van der Waals surface area contributed by atoms with Crippen molar-refractivity contribution in [2.24, 2.45) is 0 Å². The summed E-state index contributed by atoms with van der Waals surface area (Å²) in [4.78, 5) is 0. The van der Waals surface area contributed by atoms with E-state index >= 15 is 0 Å². The third-order valence-electron chi connectivity index (χ3n) is 4.52. The van der Waals surface area contributed by atoms with Gasteiger partial charge in [-0.25, -0.2) is 0 Å². The summed E-state index contributed by atoms with van der Waals surface area (Å²) in [5, 5.41) is 40.6. The van der Waals surface area contributed by atoms with E-state index in [1.165, 1.54) is 0 Å². The van der Waals surface area contributed by atoms with Crippen LogP contribution < -0.4 is 0 Å². The molecule has 4 N–H and O–H groups in total. The first kappa shape index (κ1) is 15.8. The molecular weight excluding hydrogens is 292 g/mol. The number of benzene rings is 2. The van der Waals surface area contributed by atoms with Crippen LogP contribution >= 0.6 is 0 Å². The van der Waals surface area contributed by atoms with Crippen LogP contribution in [-0.4, -0.2) is 32.6 Å². The minimum Gasteiger partial charge on any atom is -0.507 e. The molecule has 0 radical (unpaired) electrons. The first-order chi connectivity index (χ1) is 11.0. The number of phenolic OH excluding ortho intramolecular Hbond substituents is 2. The number of aliphatic hydroxyl groups excluding tert-OH is 2. The van der Waals surface area contributed by atoms with Gasteiger partial charge in [-0.1, -0.05) is 18.6 Å². The second-order valence-corrected chi connectivity index (χ2v) is 6.29. The Kier molecular flexibility index (Phi) is 4.55. The van der Waals surface area contributed by atoms with E-state index in [1.54, 1.807) is 24.3 Å². The number of phenols is 2. The summed E-state index contributed by atoms with van der Waals surface area (Å²) < 4.78 is 0. The summed E-state index contributed by atoms with van der Waals surface area (Å²) in [5.74, 6) is 0.211. The zero-order valence-electron chi connectivity index (χ0n) is 12.9. The van der Waals surface area contributed by atoms with E-state index in [1.807, 2.05) is 12.1 Å². The SMILES string of the molecule is Oc1ccc2cc1-c1cc(ccc1O)CC(O)C(O)CCCC2. The number of hydrogen-bond donors (Lipinski definition) is 4. The fraction of sp³-hybridized carbons (Fsp3) is 0.368. The van der Waals surface area contributed by atoms with Gasteiger partial charge in [0.15, 0.2) is 0 Å². The quantitative estimate of drug-likeness (QED) is 0.603. The molecule has 4 bridgehead atoms. The molecule has 23 heavy (non-hydrogen) atoms. The second kappa shape index (κ2) is 6.60. The molecule has 2 aromatic carbocycles. The summed E-state index contributed by atoms with van der Waals surface area (Å²) in [7, 11) is 0. The number of fused-ring (bicyclic) bond motifs is 5. The lowest BCUT2D eigenvalue weighted by Gasteiger charge is -2.18. The summed E-state index contributed by atoms with van der Waals surface area (Å²) in [6, 6.07) is 10.5. The van der Waals surface area contributed by atoms with Crippen LogP contribution in [0.25, 0.3) is 11.1 Å². The second-order valence-electron chi connectivity index (χ2n) is 6.29. The average Bonchev–Trinajstić information content (AvgIpc) is 2.54. The van der Waals surface area contributed by atoms with E-state index in [0.717, 1.165) is 30.4 Å². The molecule has 2 atom stereocenters. The first-order valence-electron chi connectivity index (χ1n) is 8.05. The lowest BCUT2D eigenvalue weighted by atomic mass is 9.96. The highest BCUT2D eigenvalue weighted by atomic mass is 16.3. The van der Waals surface area contributed by atoms with Crippen molar-refractivity contribution >= 4 is 0 Å². The highest BCUT2D eigenvalue weighted by molar-refractivity contribution is 5.76. The highest BCUT2D eigenvalue weighted by Gasteiger charge is 2.19. The summed E-state index contributed by atoms with van der Waals surface area (Å²) in [6.45, 7) is 0. The highest BCUT2D eigenvalue weighted by Crippen LogP contribution is 2.37. The van der Waals surface area contributed by atoms with E-state index in [4.69, 9.17) is 0 Å². The van der Waals surface area contributed by atoms with E-state index in [-0.39, 0.29) is 11.5 Å². The van der Waals surface area contributed by atoms with Crippen molar-refractivity contribution in [3.63, 3.8) is 0 Å². The lowest BCUT2D eigenvalue weighted by molar-refractivity contribution is 0.0138. The molecule has 0 saturated carbocycles. The molecule has 0 aromatic heterocycles. The van der Waals surface area contributed by atoms with Crippen molar-refractivity contribution in [2.45, 2.75) is 44.3 Å². The third-order valence-corrected chi connectivity index (χ3v) is 4.52. The predicted octanol–water partition coefficient (Wildman–Crippen LogP) is 2.76. The Morgan fingerprint density at radius 3 is 2.04 bits per heavy atom. The Bertz CT molecular complexity index is 696. The molecule has 0 spiro atoms. The maximum Gasteiger partial charge on any atom is 0.123 e. The molecule has 2 unspecified atom stereocenters. The molecule has 0 fully saturated rings. The van der Waals surface area contributed by atoms with Crippen LogP contribution in [0.3, 0.4) is 0 Å². The predicted molar refractivity (Wildman–Crippen MR) is 88.5 cm³/mol. The van der Waals surface area contributed by atoms with Gasteiger partial charge in [-0.05, 0) is 54.7 Å². The van der Waals surface area contributed by atoms with Crippen molar-refractivity contribution in [3.05, 3.63) is 47.5 Å². The van der Waals surface area contributed by atoms with Crippen LogP contribution in [0.2, 0.25) is 0 Å². The molecule has 1 aliphatic carbocycles. The molecule has 0 saturated heterocycles. The van der Waals surface area contributed by atoms with Crippen LogP contribution in [0.5, 0.6) is 11.5 Å². The number of rotatable bonds is 0. The number of aliphatic hydroxyl groups is 2. The van der Waals surface area contributed by atoms with Gasteiger partial charge >= 0.3 is 0 Å². The molecular formula is C19H22O4. The Hall–Kier alpha value is -2.04. The third kappa shape index (κ3) is 3.49. The van der Waals surface area contributed by atoms with E-state index < -0.39 is 12.2 Å². The van der Waals surface area contributed by atoms with E-state index in [9.17, 15) is 20.4 Å². The van der Waals surface area contributed by atoms with E-state index in [0.29, 0.717) is 24.0 Å². The molecule has 122 valence electrons. The summed E-state index contributed by atoms with van der Waals surface area (Å²) >= 11 is 0. The van der Waals surface area contributed by atoms with Gasteiger partial charge in [-0.15, -0.1) is 0 Å². The Morgan fingerprint density at radius 1 is 0.739 bits per heavy atom. The Balaban J connectivity index is 2.09. The molecule has 3 rings (SSSR count). The summed E-state index contributed by atoms with van der Waals surface area (Å²) in [5.41, 5.74) is 3.03. The molecule has 0 amide bonds. The largest absolute Gasteiger partial charge is 0.507 e. The van der Waals surface area contributed by atoms with Crippen molar-refractivity contribution in [3.8, 4) is 22.6 Å². The monoisotopic (exact) mass is 314 g/mol. The van der Waals surface area contributed by atoms with Crippen molar-refractivity contribution in [2.75, 3.05) is 0 Å². The van der Waals surface area contributed by atoms with Gasteiger partial charge in [-0.3, -0.25) is 0 Å². The molecule has 0 aliphatic heterocycles. The minimum atomic E-state index is -0.829. The van der Waals surface area contributed by atoms with Crippen LogP contribution in [0.1, 0.15) is 30.4 Å². The maximum absolute atomic E-state index is 10.2. The number of aromatic hydroxyl groups is 2. The average molecular weight is 314 g/mol. The molecule has 0 heterocycles. The van der Waals surface area contributed by atoms with Crippen LogP contribution in [0.4, 0.5) is 0 Å². The first-order valence-corrected chi connectivity index (χ1v) is 8.05. The fourth-order valence-electron chi connectivity index (χ4n) is 3.13. The van der Waals surface area contributed by atoms with Gasteiger partial charge in [-0.2, -0.15) is 0 Å². The van der Waals surface area contributed by atoms with E-state index in [2.05, 4.69) is 0 Å². The van der Waals surface area contributed by atoms with Crippen LogP contribution in [0, 0.1) is 0 Å². The minimum absolute atomic E-state index is 0.0890. The van der Waals surface area contributed by atoms with Crippen molar-refractivity contribution < 1.29 is 20.4 Å². The number of aryl methyl sites for hydroxylation is 1. The molecule has 2 aromatic rings. The van der Waals surface area contributed by atoms with Gasteiger partial charge in [0.2, 0.25) is 0 Å². The smallest absolute Gasteiger partial charge is 0.123 e. The van der Waals surface area contributed by atoms with Crippen molar-refractivity contribution in [1.29, 1.82) is 0 Å². The standard InChI is InChI=1S/C19H22O4/c20-16-7-5-12-3-1-2-4-18(22)19(23)11-13-6-8-17(21)15(10-13)14(16)9-12/h5-10,18-23H,1-4,11H2. The molecule has 4 heteroatoms. The van der Waals surface area contributed by atoms with Gasteiger partial charge in [0.1, 0.15) is 11.5 Å². The molecule has 4 nitrogen and oxygen atoms in total. The van der Waals surface area contributed by atoms with Gasteiger partial charge < -0.3 is 20.4 Å². The van der Waals surface area contributed by atoms with Gasteiger partial charge in [0.05, 0.1) is 12.2 Å². The summed E-state index contributed by atoms with van der Waals surface area (Å²) in [6.07, 6.45) is 1.87. The van der Waals surface area contributed by atoms with Crippen LogP contribution in [-0.2, 0) is 12.8 Å². The Labute approximate surface area is 135 Å². The van der Waals surface area contributed by atoms with Gasteiger partial charge in [0, 0.05) is 17.5 Å². The zero-order valence-corrected chi connectivity index (χ0v) is 12.9. The van der Waals surface area contributed by atoms with Crippen molar-refractivity contribution in [1.82, 2.24) is 0 Å². The topological polar surface area (TPSA) is 80.9 Å². The Morgan fingerprint density at radius 2 is 1.35 bits per heavy atom. The normalized spacial score (nSPS) is 21.8. The lowest BCUT2D eigenvalue weighted by Crippen LogP contribution is -2.27. The number of hydrogen-bond acceptors (Lipinski definition) is 4. The molecule has 1 aliphatic rings. The van der Waals surface area contributed by atoms with Crippen LogP contribution in [0.15, 0.2) is 36.4 Å². The van der Waals surface area contributed by atoms with Gasteiger partial charge in [0.25, 0.3) is 0 Å².